The molecule has 3 atom stereocenters. The summed E-state index contributed by atoms with van der Waals surface area (Å²) in [4.78, 5) is 51.3. The number of thioether (sulfide) groups is 1. The van der Waals surface area contributed by atoms with Gasteiger partial charge in [0, 0.05) is 48.9 Å². The van der Waals surface area contributed by atoms with Gasteiger partial charge in [-0.1, -0.05) is 6.42 Å². The third-order valence-electron chi connectivity index (χ3n) is 8.86. The topological polar surface area (TPSA) is 162 Å². The van der Waals surface area contributed by atoms with Gasteiger partial charge in [0.25, 0.3) is 0 Å². The number of ether oxygens (including phenoxy) is 1. The van der Waals surface area contributed by atoms with Crippen LogP contribution in [-0.2, 0) is 38.6 Å². The summed E-state index contributed by atoms with van der Waals surface area (Å²) in [6.45, 7) is 2.61. The molecule has 0 aromatic heterocycles. The van der Waals surface area contributed by atoms with E-state index in [2.05, 4.69) is 26.2 Å². The molecule has 0 radical (unpaired) electrons. The molecule has 2 saturated heterocycles. The molecule has 0 bridgehead atoms. The van der Waals surface area contributed by atoms with Gasteiger partial charge in [0.2, 0.25) is 11.8 Å². The van der Waals surface area contributed by atoms with E-state index in [4.69, 9.17) is 4.74 Å². The van der Waals surface area contributed by atoms with Crippen molar-refractivity contribution in [2.45, 2.75) is 107 Å². The number of benzene rings is 1. The minimum absolute atomic E-state index is 0.0210. The molecule has 0 spiro atoms. The molecule has 2 fully saturated rings. The molecule has 240 valence electrons. The molecule has 5 rings (SSSR count). The lowest BCUT2D eigenvalue weighted by molar-refractivity contribution is -0.145. The highest BCUT2D eigenvalue weighted by atomic mass is 32.2. The molecule has 0 saturated carbocycles. The first kappa shape index (κ1) is 32.1. The molecule has 1 aromatic rings. The Kier molecular flexibility index (Phi) is 10.7. The first-order chi connectivity index (χ1) is 21.2. The lowest BCUT2D eigenvalue weighted by atomic mass is 9.90. The maximum atomic E-state index is 13.0. The van der Waals surface area contributed by atoms with E-state index in [9.17, 15) is 24.3 Å². The molecule has 1 aromatic carbocycles. The van der Waals surface area contributed by atoms with Gasteiger partial charge in [-0.15, -0.1) is 0 Å². The first-order valence-electron chi connectivity index (χ1n) is 15.9. The van der Waals surface area contributed by atoms with Gasteiger partial charge in [-0.25, -0.2) is 4.79 Å². The summed E-state index contributed by atoms with van der Waals surface area (Å²) in [7, 11) is 0. The maximum absolute atomic E-state index is 13.0. The van der Waals surface area contributed by atoms with Gasteiger partial charge >= 0.3 is 12.0 Å². The third-order valence-corrected chi connectivity index (χ3v) is 10.4. The fourth-order valence-corrected chi connectivity index (χ4v) is 7.67. The SMILES string of the molecule is CC1(CCC(=O)N(CCCCC2SCC3NC(=O)NC32)CC(=O)NCCCC(=O)OCc2cc3c(cc2O)CCCC3)N=N1. The van der Waals surface area contributed by atoms with Crippen LogP contribution in [0.4, 0.5) is 4.79 Å². The summed E-state index contributed by atoms with van der Waals surface area (Å²) in [5, 5.41) is 27.4. The van der Waals surface area contributed by atoms with Crippen molar-refractivity contribution in [2.75, 3.05) is 25.4 Å². The summed E-state index contributed by atoms with van der Waals surface area (Å²) in [6, 6.07) is 3.96. The summed E-state index contributed by atoms with van der Waals surface area (Å²) in [5.41, 5.74) is 2.52. The minimum atomic E-state index is -0.479. The largest absolute Gasteiger partial charge is 0.508 e. The van der Waals surface area contributed by atoms with Crippen molar-refractivity contribution in [3.8, 4) is 5.75 Å². The minimum Gasteiger partial charge on any atom is -0.508 e. The molecule has 13 heteroatoms. The maximum Gasteiger partial charge on any atom is 0.315 e. The molecule has 1 aliphatic carbocycles. The smallest absolute Gasteiger partial charge is 0.315 e. The van der Waals surface area contributed by atoms with Gasteiger partial charge in [-0.05, 0) is 75.1 Å². The third kappa shape index (κ3) is 8.86. The van der Waals surface area contributed by atoms with Gasteiger partial charge in [0.05, 0.1) is 18.6 Å². The molecule has 3 aliphatic heterocycles. The number of carbonyl (C=O) groups excluding carboxylic acids is 4. The Balaban J connectivity index is 1.00. The van der Waals surface area contributed by atoms with E-state index in [-0.39, 0.29) is 68.2 Å². The van der Waals surface area contributed by atoms with Crippen molar-refractivity contribution in [2.24, 2.45) is 10.2 Å². The van der Waals surface area contributed by atoms with E-state index in [1.165, 1.54) is 11.1 Å². The van der Waals surface area contributed by atoms with Crippen LogP contribution in [0.15, 0.2) is 22.4 Å². The predicted octanol–water partition coefficient (Wildman–Crippen LogP) is 3.34. The monoisotopic (exact) mass is 628 g/mol. The van der Waals surface area contributed by atoms with E-state index in [1.807, 2.05) is 24.8 Å². The fraction of sp³-hybridized carbons (Fsp3) is 0.677. The second kappa shape index (κ2) is 14.6. The lowest BCUT2D eigenvalue weighted by Gasteiger charge is -2.23. The number of hydrogen-bond donors (Lipinski definition) is 4. The average molecular weight is 629 g/mol. The van der Waals surface area contributed by atoms with Crippen LogP contribution in [0.5, 0.6) is 5.75 Å². The number of nitrogens with zero attached hydrogens (tertiary/aromatic N) is 3. The van der Waals surface area contributed by atoms with E-state index >= 15 is 0 Å². The average Bonchev–Trinajstić information content (AvgIpc) is 3.46. The van der Waals surface area contributed by atoms with Crippen LogP contribution >= 0.6 is 11.8 Å². The molecule has 4 N–H and O–H groups in total. The van der Waals surface area contributed by atoms with E-state index in [0.717, 1.165) is 50.7 Å². The second-order valence-corrected chi connectivity index (χ2v) is 13.7. The second-order valence-electron chi connectivity index (χ2n) is 12.4. The van der Waals surface area contributed by atoms with Gasteiger partial charge in [-0.2, -0.15) is 22.0 Å². The van der Waals surface area contributed by atoms with E-state index in [0.29, 0.717) is 30.2 Å². The summed E-state index contributed by atoms with van der Waals surface area (Å²) in [6.07, 6.45) is 8.09. The molecule has 3 heterocycles. The van der Waals surface area contributed by atoms with E-state index < -0.39 is 11.6 Å². The molecule has 12 nitrogen and oxygen atoms in total. The first-order valence-corrected chi connectivity index (χ1v) is 16.9. The number of aromatic hydroxyl groups is 1. The Bertz CT molecular complexity index is 1270. The highest BCUT2D eigenvalue weighted by molar-refractivity contribution is 8.00. The molecule has 4 amide bonds. The number of esters is 1. The molecule has 3 unspecified atom stereocenters. The van der Waals surface area contributed by atoms with Gasteiger partial charge < -0.3 is 30.7 Å². The number of amides is 4. The number of rotatable bonds is 16. The van der Waals surface area contributed by atoms with Crippen LogP contribution in [-0.4, -0.2) is 82.2 Å². The van der Waals surface area contributed by atoms with Crippen LogP contribution in [0.1, 0.15) is 81.4 Å². The molecule has 44 heavy (non-hydrogen) atoms. The summed E-state index contributed by atoms with van der Waals surface area (Å²) >= 11 is 1.86. The van der Waals surface area contributed by atoms with Crippen molar-refractivity contribution in [3.05, 3.63) is 28.8 Å². The van der Waals surface area contributed by atoms with Crippen molar-refractivity contribution in [1.82, 2.24) is 20.9 Å². The van der Waals surface area contributed by atoms with Crippen LogP contribution < -0.4 is 16.0 Å². The molecular formula is C31H44N6O6S. The highest BCUT2D eigenvalue weighted by Gasteiger charge is 2.42. The number of nitrogens with one attached hydrogen (secondary N) is 3. The normalized spacial score (nSPS) is 22.4. The van der Waals surface area contributed by atoms with Crippen LogP contribution in [0, 0.1) is 0 Å². The number of aryl methyl sites for hydroxylation is 2. The van der Waals surface area contributed by atoms with Gasteiger partial charge in [-0.3, -0.25) is 14.4 Å². The standard InChI is InChI=1S/C31H44N6O6S/c1-31(35-36-31)12-11-27(40)37(14-5-4-9-25-29-23(19-44-25)33-30(42)34-29)17-26(39)32-13-6-10-28(41)43-18-22-15-20-7-2-3-8-21(20)16-24(22)38/h15-16,23,25,29,38H,2-14,17-19H2,1H3,(H,32,39)(H2,33,34,42). The zero-order chi connectivity index (χ0) is 31.1. The van der Waals surface area contributed by atoms with Gasteiger partial charge in [0.15, 0.2) is 5.66 Å². The fourth-order valence-electron chi connectivity index (χ4n) is 6.13. The predicted molar refractivity (Wildman–Crippen MR) is 165 cm³/mol. The van der Waals surface area contributed by atoms with Crippen molar-refractivity contribution >= 4 is 35.6 Å². The Morgan fingerprint density at radius 2 is 1.89 bits per heavy atom. The molecular weight excluding hydrogens is 584 g/mol. The number of urea groups is 1. The van der Waals surface area contributed by atoms with Crippen LogP contribution in [0.25, 0.3) is 0 Å². The van der Waals surface area contributed by atoms with Crippen molar-refractivity contribution < 1.29 is 29.0 Å². The number of hydrogen-bond acceptors (Lipinski definition) is 9. The Hall–Kier alpha value is -3.35. The zero-order valence-corrected chi connectivity index (χ0v) is 26.3. The van der Waals surface area contributed by atoms with E-state index in [1.54, 1.807) is 11.0 Å². The Morgan fingerprint density at radius 3 is 2.66 bits per heavy atom. The summed E-state index contributed by atoms with van der Waals surface area (Å²) in [5.74, 6) is 0.300. The van der Waals surface area contributed by atoms with Crippen molar-refractivity contribution in [1.29, 1.82) is 0 Å². The number of fused-ring (bicyclic) bond motifs is 2. The number of unbranched alkanes of at least 4 members (excludes halogenated alkanes) is 1. The quantitative estimate of drug-likeness (QED) is 0.124. The zero-order valence-electron chi connectivity index (χ0n) is 25.4. The molecule has 4 aliphatic rings. The number of carbonyl (C=O) groups is 4. The highest BCUT2D eigenvalue weighted by Crippen LogP contribution is 2.34. The number of phenols is 1. The lowest BCUT2D eigenvalue weighted by Crippen LogP contribution is -2.42. The van der Waals surface area contributed by atoms with Crippen LogP contribution in [0.3, 0.4) is 0 Å². The Labute approximate surface area is 262 Å². The Morgan fingerprint density at radius 1 is 1.11 bits per heavy atom. The van der Waals surface area contributed by atoms with Crippen LogP contribution in [0.2, 0.25) is 0 Å². The summed E-state index contributed by atoms with van der Waals surface area (Å²) < 4.78 is 5.38. The van der Waals surface area contributed by atoms with Crippen molar-refractivity contribution in [3.63, 3.8) is 0 Å². The number of phenolic OH excluding ortho intramolecular Hbond substituents is 1. The van der Waals surface area contributed by atoms with Gasteiger partial charge in [0.1, 0.15) is 12.4 Å².